The summed E-state index contributed by atoms with van der Waals surface area (Å²) in [7, 11) is 1.46. The second kappa shape index (κ2) is 8.48. The summed E-state index contributed by atoms with van der Waals surface area (Å²) in [5, 5.41) is 3.25. The van der Waals surface area contributed by atoms with Crippen LogP contribution in [0.3, 0.4) is 0 Å². The molecule has 0 aliphatic heterocycles. The summed E-state index contributed by atoms with van der Waals surface area (Å²) in [5.74, 6) is 0.709. The summed E-state index contributed by atoms with van der Waals surface area (Å²) in [6.07, 6.45) is -4.21. The maximum absolute atomic E-state index is 12.1. The molecule has 1 aromatic rings. The molecule has 0 amide bonds. The number of hydrogen-bond donors (Lipinski definition) is 1. The van der Waals surface area contributed by atoms with Gasteiger partial charge in [0.05, 0.1) is 24.6 Å². The average Bonchev–Trinajstić information content (AvgIpc) is 2.39. The van der Waals surface area contributed by atoms with Crippen molar-refractivity contribution in [3.63, 3.8) is 0 Å². The van der Waals surface area contributed by atoms with Crippen molar-refractivity contribution < 1.29 is 22.6 Å². The van der Waals surface area contributed by atoms with Crippen molar-refractivity contribution in [1.29, 1.82) is 0 Å². The lowest BCUT2D eigenvalue weighted by Crippen LogP contribution is -2.15. The number of benzene rings is 1. The Kier molecular flexibility index (Phi) is 7.31. The molecule has 1 aromatic carbocycles. The zero-order valence-electron chi connectivity index (χ0n) is 12.0. The molecule has 0 bridgehead atoms. The van der Waals surface area contributed by atoms with Crippen molar-refractivity contribution in [2.75, 3.05) is 20.3 Å². The van der Waals surface area contributed by atoms with Crippen LogP contribution in [-0.4, -0.2) is 26.4 Å². The number of nitrogens with one attached hydrogen (secondary N) is 1. The number of halogens is 4. The van der Waals surface area contributed by atoms with Crippen LogP contribution in [0, 0.1) is 0 Å². The smallest absolute Gasteiger partial charge is 0.392 e. The molecular formula is C14H19BrF3NO2. The van der Waals surface area contributed by atoms with E-state index in [0.29, 0.717) is 22.5 Å². The average molecular weight is 370 g/mol. The molecule has 0 aliphatic carbocycles. The standard InChI is InChI=1S/C14H19BrF3NO2/c1-3-5-19-9-10-7-11(15)13(12(8-10)20-2)21-6-4-14(16,17)18/h7-8,19H,3-6,9H2,1-2H3. The van der Waals surface area contributed by atoms with Gasteiger partial charge in [0.2, 0.25) is 0 Å². The monoisotopic (exact) mass is 369 g/mol. The number of hydrogen-bond acceptors (Lipinski definition) is 3. The Morgan fingerprint density at radius 1 is 1.29 bits per heavy atom. The van der Waals surface area contributed by atoms with Crippen LogP contribution < -0.4 is 14.8 Å². The molecule has 0 saturated carbocycles. The normalized spacial score (nSPS) is 11.5. The Hall–Kier alpha value is -0.950. The molecule has 0 spiro atoms. The summed E-state index contributed by atoms with van der Waals surface area (Å²) >= 11 is 3.31. The zero-order chi connectivity index (χ0) is 15.9. The molecule has 0 radical (unpaired) electrons. The summed E-state index contributed by atoms with van der Waals surface area (Å²) in [5.41, 5.74) is 0.968. The van der Waals surface area contributed by atoms with Gasteiger partial charge in [0, 0.05) is 6.54 Å². The highest BCUT2D eigenvalue weighted by atomic mass is 79.9. The van der Waals surface area contributed by atoms with Gasteiger partial charge < -0.3 is 14.8 Å². The summed E-state index contributed by atoms with van der Waals surface area (Å²) in [4.78, 5) is 0. The summed E-state index contributed by atoms with van der Waals surface area (Å²) < 4.78 is 47.4. The fourth-order valence-corrected chi connectivity index (χ4v) is 2.30. The highest BCUT2D eigenvalue weighted by Gasteiger charge is 2.27. The van der Waals surface area contributed by atoms with E-state index in [1.807, 2.05) is 6.07 Å². The number of methoxy groups -OCH3 is 1. The molecule has 3 nitrogen and oxygen atoms in total. The van der Waals surface area contributed by atoms with Crippen molar-refractivity contribution in [3.8, 4) is 11.5 Å². The van der Waals surface area contributed by atoms with Gasteiger partial charge >= 0.3 is 6.18 Å². The minimum absolute atomic E-state index is 0.293. The van der Waals surface area contributed by atoms with Crippen LogP contribution in [0.1, 0.15) is 25.3 Å². The van der Waals surface area contributed by atoms with Crippen LogP contribution in [0.2, 0.25) is 0 Å². The molecule has 0 fully saturated rings. The maximum Gasteiger partial charge on any atom is 0.392 e. The van der Waals surface area contributed by atoms with Gasteiger partial charge in [-0.15, -0.1) is 0 Å². The maximum atomic E-state index is 12.1. The van der Waals surface area contributed by atoms with Crippen LogP contribution in [0.15, 0.2) is 16.6 Å². The molecular weight excluding hydrogens is 351 g/mol. The van der Waals surface area contributed by atoms with E-state index in [9.17, 15) is 13.2 Å². The minimum atomic E-state index is -4.23. The molecule has 0 atom stereocenters. The second-order valence-corrected chi connectivity index (χ2v) is 5.35. The molecule has 0 heterocycles. The van der Waals surface area contributed by atoms with Crippen LogP contribution in [-0.2, 0) is 6.54 Å². The highest BCUT2D eigenvalue weighted by Crippen LogP contribution is 2.37. The Morgan fingerprint density at radius 2 is 2.00 bits per heavy atom. The molecule has 0 unspecified atom stereocenters. The van der Waals surface area contributed by atoms with Crippen LogP contribution >= 0.6 is 15.9 Å². The molecule has 0 aliphatic rings. The van der Waals surface area contributed by atoms with Crippen molar-refractivity contribution >= 4 is 15.9 Å². The highest BCUT2D eigenvalue weighted by molar-refractivity contribution is 9.10. The predicted octanol–water partition coefficient (Wildman–Crippen LogP) is 4.29. The van der Waals surface area contributed by atoms with Crippen molar-refractivity contribution in [2.45, 2.75) is 32.5 Å². The zero-order valence-corrected chi connectivity index (χ0v) is 13.6. The van der Waals surface area contributed by atoms with Crippen LogP contribution in [0.25, 0.3) is 0 Å². The van der Waals surface area contributed by atoms with E-state index in [1.54, 1.807) is 6.07 Å². The topological polar surface area (TPSA) is 30.5 Å². The van der Waals surface area contributed by atoms with Gasteiger partial charge in [-0.3, -0.25) is 0 Å². The quantitative estimate of drug-likeness (QED) is 0.693. The largest absolute Gasteiger partial charge is 0.493 e. The lowest BCUT2D eigenvalue weighted by molar-refractivity contribution is -0.139. The van der Waals surface area contributed by atoms with Gasteiger partial charge in [0.1, 0.15) is 0 Å². The number of alkyl halides is 3. The molecule has 21 heavy (non-hydrogen) atoms. The first-order valence-electron chi connectivity index (χ1n) is 6.64. The SMILES string of the molecule is CCCNCc1cc(Br)c(OCCC(F)(F)F)c(OC)c1. The first-order valence-corrected chi connectivity index (χ1v) is 7.43. The minimum Gasteiger partial charge on any atom is -0.493 e. The number of ether oxygens (including phenoxy) is 2. The first kappa shape index (κ1) is 18.1. The van der Waals surface area contributed by atoms with Crippen LogP contribution in [0.4, 0.5) is 13.2 Å². The summed E-state index contributed by atoms with van der Waals surface area (Å²) in [6, 6.07) is 3.57. The lowest BCUT2D eigenvalue weighted by atomic mass is 10.2. The third kappa shape index (κ3) is 6.56. The van der Waals surface area contributed by atoms with Gasteiger partial charge in [0.15, 0.2) is 11.5 Å². The predicted molar refractivity (Wildman–Crippen MR) is 78.9 cm³/mol. The van der Waals surface area contributed by atoms with Crippen molar-refractivity contribution in [2.24, 2.45) is 0 Å². The summed E-state index contributed by atoms with van der Waals surface area (Å²) in [6.45, 7) is 3.18. The Bertz CT molecular complexity index is 453. The molecule has 0 aromatic heterocycles. The van der Waals surface area contributed by atoms with Gasteiger partial charge in [-0.2, -0.15) is 13.2 Å². The Morgan fingerprint density at radius 3 is 2.57 bits per heavy atom. The second-order valence-electron chi connectivity index (χ2n) is 4.50. The lowest BCUT2D eigenvalue weighted by Gasteiger charge is -2.15. The van der Waals surface area contributed by atoms with E-state index in [-0.39, 0.29) is 0 Å². The number of rotatable bonds is 8. The molecule has 7 heteroatoms. The Balaban J connectivity index is 2.75. The van der Waals surface area contributed by atoms with Gasteiger partial charge in [-0.25, -0.2) is 0 Å². The van der Waals surface area contributed by atoms with E-state index in [4.69, 9.17) is 9.47 Å². The van der Waals surface area contributed by atoms with Crippen molar-refractivity contribution in [1.82, 2.24) is 5.32 Å². The van der Waals surface area contributed by atoms with E-state index in [1.165, 1.54) is 7.11 Å². The molecule has 1 N–H and O–H groups in total. The van der Waals surface area contributed by atoms with Gasteiger partial charge in [-0.05, 0) is 46.6 Å². The van der Waals surface area contributed by atoms with Crippen LogP contribution in [0.5, 0.6) is 11.5 Å². The Labute approximate surface area is 130 Å². The van der Waals surface area contributed by atoms with E-state index in [0.717, 1.165) is 18.5 Å². The fraction of sp³-hybridized carbons (Fsp3) is 0.571. The van der Waals surface area contributed by atoms with Crippen molar-refractivity contribution in [3.05, 3.63) is 22.2 Å². The third-order valence-corrected chi connectivity index (χ3v) is 3.27. The van der Waals surface area contributed by atoms with E-state index in [2.05, 4.69) is 28.2 Å². The molecule has 120 valence electrons. The molecule has 0 saturated heterocycles. The first-order chi connectivity index (χ1) is 9.87. The molecule has 1 rings (SSSR count). The van der Waals surface area contributed by atoms with E-state index >= 15 is 0 Å². The van der Waals surface area contributed by atoms with Gasteiger partial charge in [-0.1, -0.05) is 6.92 Å². The fourth-order valence-electron chi connectivity index (χ4n) is 1.69. The van der Waals surface area contributed by atoms with E-state index < -0.39 is 19.2 Å². The third-order valence-electron chi connectivity index (χ3n) is 2.68. The van der Waals surface area contributed by atoms with Gasteiger partial charge in [0.25, 0.3) is 0 Å².